The van der Waals surface area contributed by atoms with E-state index in [-0.39, 0.29) is 5.82 Å². The number of esters is 1. The summed E-state index contributed by atoms with van der Waals surface area (Å²) >= 11 is 1.55. The number of thiophene rings is 1. The summed E-state index contributed by atoms with van der Waals surface area (Å²) in [4.78, 5) is 18.8. The van der Waals surface area contributed by atoms with E-state index in [1.165, 1.54) is 6.20 Å². The number of carbonyl (C=O) groups excluding carboxylic acids is 1. The molecule has 2 aromatic rings. The molecule has 0 radical (unpaired) electrons. The highest BCUT2D eigenvalue weighted by Gasteiger charge is 2.09. The number of rotatable bonds is 3. The Morgan fingerprint density at radius 2 is 2.57 bits per heavy atom. The van der Waals surface area contributed by atoms with Crippen molar-refractivity contribution >= 4 is 17.3 Å². The first kappa shape index (κ1) is 8.96. The van der Waals surface area contributed by atoms with Crippen LogP contribution in [0.1, 0.15) is 15.5 Å². The molecule has 2 rings (SSSR count). The lowest BCUT2D eigenvalue weighted by atomic mass is 10.5. The molecular formula is C9H8N2O2S. The molecule has 0 aliphatic heterocycles. The number of nitrogens with zero attached hydrogens (tertiary/aromatic N) is 1. The molecule has 0 saturated carbocycles. The molecule has 0 aliphatic carbocycles. The Morgan fingerprint density at radius 3 is 3.21 bits per heavy atom. The maximum Gasteiger partial charge on any atom is 0.374 e. The number of aromatic amines is 1. The van der Waals surface area contributed by atoms with Gasteiger partial charge in [0, 0.05) is 17.3 Å². The summed E-state index contributed by atoms with van der Waals surface area (Å²) in [7, 11) is 0. The summed E-state index contributed by atoms with van der Waals surface area (Å²) in [6.45, 7) is 0.303. The molecule has 0 saturated heterocycles. The molecule has 1 N–H and O–H groups in total. The third kappa shape index (κ3) is 2.00. The van der Waals surface area contributed by atoms with E-state index in [9.17, 15) is 4.79 Å². The van der Waals surface area contributed by atoms with Gasteiger partial charge in [-0.2, -0.15) is 0 Å². The third-order valence-electron chi connectivity index (χ3n) is 1.62. The normalized spacial score (nSPS) is 10.0. The fourth-order valence-electron chi connectivity index (χ4n) is 0.977. The first-order valence-corrected chi connectivity index (χ1v) is 4.93. The van der Waals surface area contributed by atoms with E-state index in [2.05, 4.69) is 9.97 Å². The predicted molar refractivity (Wildman–Crippen MR) is 52.0 cm³/mol. The van der Waals surface area contributed by atoms with Crippen molar-refractivity contribution in [3.8, 4) is 0 Å². The van der Waals surface area contributed by atoms with Gasteiger partial charge in [-0.1, -0.05) is 6.07 Å². The lowest BCUT2D eigenvalue weighted by Gasteiger charge is -1.99. The van der Waals surface area contributed by atoms with Crippen LogP contribution in [0.3, 0.4) is 0 Å². The minimum absolute atomic E-state index is 0.238. The number of nitrogens with one attached hydrogen (secondary N) is 1. The van der Waals surface area contributed by atoms with E-state index < -0.39 is 5.97 Å². The standard InChI is InChI=1S/C9H8N2O2S/c12-9(8-10-3-4-11-8)13-6-7-2-1-5-14-7/h1-5H,6H2,(H,10,11). The first-order chi connectivity index (χ1) is 6.86. The van der Waals surface area contributed by atoms with Crippen LogP contribution in [-0.2, 0) is 11.3 Å². The van der Waals surface area contributed by atoms with E-state index in [0.29, 0.717) is 6.61 Å². The summed E-state index contributed by atoms with van der Waals surface area (Å²) in [5.41, 5.74) is 0. The van der Waals surface area contributed by atoms with Crippen LogP contribution in [0.4, 0.5) is 0 Å². The fourth-order valence-corrected chi connectivity index (χ4v) is 1.59. The monoisotopic (exact) mass is 208 g/mol. The number of ether oxygens (including phenoxy) is 1. The molecular weight excluding hydrogens is 200 g/mol. The highest BCUT2D eigenvalue weighted by molar-refractivity contribution is 7.09. The van der Waals surface area contributed by atoms with E-state index in [1.54, 1.807) is 17.5 Å². The summed E-state index contributed by atoms with van der Waals surface area (Å²) in [6, 6.07) is 3.83. The SMILES string of the molecule is O=C(OCc1cccs1)c1ncc[nH]1. The van der Waals surface area contributed by atoms with Crippen molar-refractivity contribution in [2.24, 2.45) is 0 Å². The van der Waals surface area contributed by atoms with Gasteiger partial charge in [0.2, 0.25) is 5.82 Å². The topological polar surface area (TPSA) is 55.0 Å². The van der Waals surface area contributed by atoms with Gasteiger partial charge in [-0.3, -0.25) is 0 Å². The van der Waals surface area contributed by atoms with Crippen LogP contribution >= 0.6 is 11.3 Å². The van der Waals surface area contributed by atoms with Crippen LogP contribution in [0.2, 0.25) is 0 Å². The molecule has 4 nitrogen and oxygen atoms in total. The van der Waals surface area contributed by atoms with E-state index in [1.807, 2.05) is 17.5 Å². The Labute approximate surface area is 84.6 Å². The predicted octanol–water partition coefficient (Wildman–Crippen LogP) is 1.83. The second-order valence-corrected chi connectivity index (χ2v) is 3.63. The lowest BCUT2D eigenvalue weighted by Crippen LogP contribution is -2.06. The average molecular weight is 208 g/mol. The molecule has 0 aliphatic rings. The third-order valence-corrected chi connectivity index (χ3v) is 2.47. The van der Waals surface area contributed by atoms with Crippen LogP contribution in [0.25, 0.3) is 0 Å². The zero-order valence-electron chi connectivity index (χ0n) is 7.27. The zero-order chi connectivity index (χ0) is 9.80. The van der Waals surface area contributed by atoms with Crippen molar-refractivity contribution in [3.63, 3.8) is 0 Å². The minimum Gasteiger partial charge on any atom is -0.454 e. The van der Waals surface area contributed by atoms with Gasteiger partial charge in [-0.25, -0.2) is 9.78 Å². The number of carbonyl (C=O) groups is 1. The van der Waals surface area contributed by atoms with Gasteiger partial charge in [-0.05, 0) is 11.4 Å². The Morgan fingerprint density at radius 1 is 1.64 bits per heavy atom. The second-order valence-electron chi connectivity index (χ2n) is 2.59. The average Bonchev–Trinajstić information content (AvgIpc) is 2.87. The molecule has 0 spiro atoms. The number of H-pyrrole nitrogens is 1. The van der Waals surface area contributed by atoms with E-state index in [4.69, 9.17) is 4.74 Å². The smallest absolute Gasteiger partial charge is 0.374 e. The van der Waals surface area contributed by atoms with E-state index in [0.717, 1.165) is 4.88 Å². The Hall–Kier alpha value is -1.62. The molecule has 72 valence electrons. The van der Waals surface area contributed by atoms with Crippen LogP contribution in [-0.4, -0.2) is 15.9 Å². The van der Waals surface area contributed by atoms with Crippen molar-refractivity contribution in [1.29, 1.82) is 0 Å². The maximum atomic E-state index is 11.3. The highest BCUT2D eigenvalue weighted by atomic mass is 32.1. The van der Waals surface area contributed by atoms with Crippen molar-refractivity contribution in [3.05, 3.63) is 40.6 Å². The Kier molecular flexibility index (Phi) is 2.60. The molecule has 0 fully saturated rings. The van der Waals surface area contributed by atoms with Gasteiger partial charge in [0.1, 0.15) is 6.61 Å². The van der Waals surface area contributed by atoms with Crippen LogP contribution in [0, 0.1) is 0 Å². The maximum absolute atomic E-state index is 11.3. The molecule has 0 atom stereocenters. The molecule has 0 amide bonds. The fraction of sp³-hybridized carbons (Fsp3) is 0.111. The van der Waals surface area contributed by atoms with Crippen molar-refractivity contribution < 1.29 is 9.53 Å². The second kappa shape index (κ2) is 4.06. The molecule has 2 aromatic heterocycles. The molecule has 0 bridgehead atoms. The number of imidazole rings is 1. The summed E-state index contributed by atoms with van der Waals surface area (Å²) in [5, 5.41) is 1.94. The summed E-state index contributed by atoms with van der Waals surface area (Å²) in [6.07, 6.45) is 3.10. The summed E-state index contributed by atoms with van der Waals surface area (Å²) in [5.74, 6) is -0.190. The molecule has 0 unspecified atom stereocenters. The van der Waals surface area contributed by atoms with Crippen molar-refractivity contribution in [2.45, 2.75) is 6.61 Å². The van der Waals surface area contributed by atoms with Crippen molar-refractivity contribution in [2.75, 3.05) is 0 Å². The first-order valence-electron chi connectivity index (χ1n) is 4.05. The minimum atomic E-state index is -0.427. The number of aromatic nitrogens is 2. The molecule has 14 heavy (non-hydrogen) atoms. The molecule has 5 heteroatoms. The molecule has 2 heterocycles. The van der Waals surface area contributed by atoms with Gasteiger partial charge in [0.15, 0.2) is 0 Å². The lowest BCUT2D eigenvalue weighted by molar-refractivity contribution is 0.0463. The van der Waals surface area contributed by atoms with Gasteiger partial charge in [0.25, 0.3) is 0 Å². The van der Waals surface area contributed by atoms with E-state index >= 15 is 0 Å². The molecule has 0 aromatic carbocycles. The van der Waals surface area contributed by atoms with Crippen molar-refractivity contribution in [1.82, 2.24) is 9.97 Å². The van der Waals surface area contributed by atoms with Crippen LogP contribution in [0.5, 0.6) is 0 Å². The van der Waals surface area contributed by atoms with Crippen LogP contribution in [0.15, 0.2) is 29.9 Å². The number of hydrogen-bond donors (Lipinski definition) is 1. The largest absolute Gasteiger partial charge is 0.454 e. The quantitative estimate of drug-likeness (QED) is 0.783. The van der Waals surface area contributed by atoms with Gasteiger partial charge >= 0.3 is 5.97 Å². The van der Waals surface area contributed by atoms with Gasteiger partial charge < -0.3 is 9.72 Å². The number of hydrogen-bond acceptors (Lipinski definition) is 4. The van der Waals surface area contributed by atoms with Crippen LogP contribution < -0.4 is 0 Å². The van der Waals surface area contributed by atoms with Gasteiger partial charge in [0.05, 0.1) is 0 Å². The Bertz CT molecular complexity index is 394. The summed E-state index contributed by atoms with van der Waals surface area (Å²) < 4.78 is 5.01. The Balaban J connectivity index is 1.90. The van der Waals surface area contributed by atoms with Gasteiger partial charge in [-0.15, -0.1) is 11.3 Å². The zero-order valence-corrected chi connectivity index (χ0v) is 8.08. The highest BCUT2D eigenvalue weighted by Crippen LogP contribution is 2.10.